The molecule has 4 heteroatoms. The monoisotopic (exact) mass is 418 g/mol. The molecule has 0 radical (unpaired) electrons. The highest BCUT2D eigenvalue weighted by molar-refractivity contribution is 6.89. The second-order valence-corrected chi connectivity index (χ2v) is 14.9. The van der Waals surface area contributed by atoms with Crippen LogP contribution in [0.25, 0.3) is 53.8 Å². The zero-order valence-corrected chi connectivity index (χ0v) is 19.5. The van der Waals surface area contributed by atoms with Crippen LogP contribution in [-0.2, 0) is 7.05 Å². The Labute approximate surface area is 182 Å². The Bertz CT molecular complexity index is 1740. The number of rotatable bonds is 1. The van der Waals surface area contributed by atoms with Crippen LogP contribution < -0.4 is 9.75 Å². The maximum absolute atomic E-state index is 7.51. The van der Waals surface area contributed by atoms with Crippen LogP contribution in [0, 0.1) is 13.5 Å². The van der Waals surface area contributed by atoms with Crippen LogP contribution in [0.1, 0.15) is 5.56 Å². The van der Waals surface area contributed by atoms with Gasteiger partial charge in [0.15, 0.2) is 11.9 Å². The smallest absolute Gasteiger partial charge is 0.224 e. The molecule has 0 bridgehead atoms. The number of fused-ring (bicyclic) bond motifs is 5. The quantitative estimate of drug-likeness (QED) is 0.0988. The van der Waals surface area contributed by atoms with E-state index in [1.165, 1.54) is 54.4 Å². The Balaban J connectivity index is 2.04. The highest BCUT2D eigenvalue weighted by Gasteiger charge is 2.26. The topological polar surface area (TPSA) is 12.6 Å². The van der Waals surface area contributed by atoms with Crippen LogP contribution in [0.15, 0.2) is 54.7 Å². The fourth-order valence-electron chi connectivity index (χ4n) is 5.21. The highest BCUT2D eigenvalue weighted by atomic mass is 28.3. The number of aromatic nitrogens is 2. The van der Waals surface area contributed by atoms with Crippen molar-refractivity contribution in [3.8, 4) is 0 Å². The SMILES string of the molecule is [C-]#[N+]c1ccc2c(c1)c1ccc(C)c3c1n2c1cc([Si](C)(C)C)cc2cc[n+](C)c3c21. The Kier molecular flexibility index (Phi) is 3.46. The second kappa shape index (κ2) is 5.84. The fourth-order valence-corrected chi connectivity index (χ4v) is 6.37. The average Bonchev–Trinajstić information content (AvgIpc) is 3.07. The van der Waals surface area contributed by atoms with E-state index in [9.17, 15) is 0 Å². The molecular formula is C27H24N3Si+. The highest BCUT2D eigenvalue weighted by Crippen LogP contribution is 2.41. The van der Waals surface area contributed by atoms with Crippen molar-refractivity contribution in [3.63, 3.8) is 0 Å². The van der Waals surface area contributed by atoms with E-state index in [0.29, 0.717) is 5.69 Å². The molecule has 6 aromatic rings. The second-order valence-electron chi connectivity index (χ2n) is 9.79. The summed E-state index contributed by atoms with van der Waals surface area (Å²) in [6, 6.07) is 17.7. The van der Waals surface area contributed by atoms with Crippen molar-refractivity contribution in [1.29, 1.82) is 0 Å². The summed E-state index contributed by atoms with van der Waals surface area (Å²) in [5, 5.41) is 7.79. The van der Waals surface area contributed by atoms with Crippen LogP contribution in [0.3, 0.4) is 0 Å². The van der Waals surface area contributed by atoms with E-state index in [0.717, 1.165) is 5.39 Å². The first kappa shape index (κ1) is 18.4. The van der Waals surface area contributed by atoms with E-state index >= 15 is 0 Å². The van der Waals surface area contributed by atoms with Crippen molar-refractivity contribution < 1.29 is 4.57 Å². The molecule has 31 heavy (non-hydrogen) atoms. The molecule has 3 heterocycles. The first-order valence-corrected chi connectivity index (χ1v) is 14.2. The molecule has 3 aromatic carbocycles. The zero-order valence-electron chi connectivity index (χ0n) is 18.5. The molecule has 0 saturated carbocycles. The lowest BCUT2D eigenvalue weighted by Gasteiger charge is -2.20. The van der Waals surface area contributed by atoms with E-state index < -0.39 is 8.07 Å². The van der Waals surface area contributed by atoms with Gasteiger partial charge in [-0.15, -0.1) is 0 Å². The van der Waals surface area contributed by atoms with Crippen molar-refractivity contribution >= 4 is 67.9 Å². The molecular weight excluding hydrogens is 394 g/mol. The standard InChI is InChI=1S/C27H24N3Si/c1-16-7-9-20-21-14-18(28-2)8-10-22(21)30-23-15-19(31(4,5)6)13-17-11-12-29(3)27(25(17)23)24(16)26(20)30/h7-15H,1,3-6H3/q+1. The first-order valence-electron chi connectivity index (χ1n) is 10.7. The van der Waals surface area contributed by atoms with Crippen LogP contribution in [0.5, 0.6) is 0 Å². The minimum absolute atomic E-state index is 0.692. The summed E-state index contributed by atoms with van der Waals surface area (Å²) in [6.07, 6.45) is 2.20. The third kappa shape index (κ3) is 2.30. The molecule has 0 N–H and O–H groups in total. The molecule has 0 amide bonds. The third-order valence-corrected chi connectivity index (χ3v) is 8.83. The van der Waals surface area contributed by atoms with Crippen molar-refractivity contribution in [1.82, 2.24) is 4.40 Å². The minimum atomic E-state index is -1.51. The van der Waals surface area contributed by atoms with Crippen molar-refractivity contribution in [2.24, 2.45) is 7.05 Å². The normalized spacial score (nSPS) is 12.6. The van der Waals surface area contributed by atoms with Gasteiger partial charge in [-0.05, 0) is 41.5 Å². The summed E-state index contributed by atoms with van der Waals surface area (Å²) in [6.45, 7) is 17.0. The van der Waals surface area contributed by atoms with Gasteiger partial charge in [0.1, 0.15) is 7.05 Å². The molecule has 0 fully saturated rings. The summed E-state index contributed by atoms with van der Waals surface area (Å²) in [5.74, 6) is 0. The maximum atomic E-state index is 7.51. The van der Waals surface area contributed by atoms with Crippen molar-refractivity contribution in [2.75, 3.05) is 0 Å². The van der Waals surface area contributed by atoms with Crippen LogP contribution in [0.4, 0.5) is 5.69 Å². The molecule has 0 aliphatic rings. The molecule has 0 unspecified atom stereocenters. The summed E-state index contributed by atoms with van der Waals surface area (Å²) in [5.41, 5.74) is 6.98. The fraction of sp³-hybridized carbons (Fsp3) is 0.185. The van der Waals surface area contributed by atoms with Gasteiger partial charge in [0, 0.05) is 11.5 Å². The van der Waals surface area contributed by atoms with Gasteiger partial charge < -0.3 is 4.40 Å². The van der Waals surface area contributed by atoms with Gasteiger partial charge in [0.05, 0.1) is 42.0 Å². The van der Waals surface area contributed by atoms with E-state index in [4.69, 9.17) is 6.57 Å². The summed E-state index contributed by atoms with van der Waals surface area (Å²) >= 11 is 0. The molecule has 0 spiro atoms. The molecule has 6 rings (SSSR count). The molecule has 0 aliphatic carbocycles. The van der Waals surface area contributed by atoms with Gasteiger partial charge in [0.2, 0.25) is 5.52 Å². The molecule has 0 atom stereocenters. The van der Waals surface area contributed by atoms with Gasteiger partial charge in [-0.25, -0.2) is 9.41 Å². The molecule has 0 saturated heterocycles. The third-order valence-electron chi connectivity index (χ3n) is 6.81. The van der Waals surface area contributed by atoms with Crippen molar-refractivity contribution in [2.45, 2.75) is 26.6 Å². The molecule has 3 aromatic heterocycles. The Morgan fingerprint density at radius 1 is 0.903 bits per heavy atom. The van der Waals surface area contributed by atoms with Crippen LogP contribution in [-0.4, -0.2) is 12.5 Å². The van der Waals surface area contributed by atoms with Gasteiger partial charge in [-0.2, -0.15) is 0 Å². The lowest BCUT2D eigenvalue weighted by molar-refractivity contribution is -0.643. The van der Waals surface area contributed by atoms with E-state index in [1.807, 2.05) is 6.07 Å². The number of nitrogens with zero attached hydrogens (tertiary/aromatic N) is 3. The van der Waals surface area contributed by atoms with Gasteiger partial charge >= 0.3 is 0 Å². The summed E-state index contributed by atoms with van der Waals surface area (Å²) < 4.78 is 4.73. The Morgan fingerprint density at radius 3 is 2.45 bits per heavy atom. The lowest BCUT2D eigenvalue weighted by Crippen LogP contribution is -2.38. The zero-order chi connectivity index (χ0) is 21.7. The average molecular weight is 419 g/mol. The molecule has 3 nitrogen and oxygen atoms in total. The van der Waals surface area contributed by atoms with E-state index in [-0.39, 0.29) is 0 Å². The number of hydrogen-bond acceptors (Lipinski definition) is 0. The molecule has 0 aliphatic heterocycles. The number of aryl methyl sites for hydroxylation is 2. The largest absolute Gasteiger partial charge is 0.308 e. The number of pyridine rings is 2. The van der Waals surface area contributed by atoms with E-state index in [1.54, 1.807) is 0 Å². The number of benzene rings is 3. The predicted molar refractivity (Wildman–Crippen MR) is 134 cm³/mol. The number of hydrogen-bond donors (Lipinski definition) is 0. The summed E-state index contributed by atoms with van der Waals surface area (Å²) in [4.78, 5) is 3.70. The van der Waals surface area contributed by atoms with E-state index in [2.05, 4.69) is 96.1 Å². The van der Waals surface area contributed by atoms with Gasteiger partial charge in [0.25, 0.3) is 0 Å². The van der Waals surface area contributed by atoms with Crippen LogP contribution in [0.2, 0.25) is 19.6 Å². The van der Waals surface area contributed by atoms with Gasteiger partial charge in [-0.3, -0.25) is 0 Å². The van der Waals surface area contributed by atoms with Crippen LogP contribution >= 0.6 is 0 Å². The minimum Gasteiger partial charge on any atom is -0.308 e. The maximum Gasteiger partial charge on any atom is 0.224 e. The lowest BCUT2D eigenvalue weighted by atomic mass is 10.00. The Morgan fingerprint density at radius 2 is 1.71 bits per heavy atom. The Hall–Kier alpha value is -3.42. The summed E-state index contributed by atoms with van der Waals surface area (Å²) in [7, 11) is 0.639. The van der Waals surface area contributed by atoms with Crippen molar-refractivity contribution in [3.05, 3.63) is 71.7 Å². The van der Waals surface area contributed by atoms with Gasteiger partial charge in [-0.1, -0.05) is 49.1 Å². The first-order chi connectivity index (χ1) is 14.8. The molecule has 150 valence electrons. The predicted octanol–water partition coefficient (Wildman–Crippen LogP) is 6.22.